The molecule has 0 saturated heterocycles. The predicted octanol–water partition coefficient (Wildman–Crippen LogP) is 5.65. The molecule has 4 aromatic rings. The van der Waals surface area contributed by atoms with Crippen LogP contribution in [-0.2, 0) is 6.18 Å². The molecule has 176 valence electrons. The molecular weight excluding hydrogens is 473 g/mol. The number of amides is 1. The first-order valence-corrected chi connectivity index (χ1v) is 10.3. The summed E-state index contributed by atoms with van der Waals surface area (Å²) >= 11 is 6.31. The van der Waals surface area contributed by atoms with Crippen molar-refractivity contribution in [1.82, 2.24) is 14.6 Å². The second-order valence-electron chi connectivity index (χ2n) is 7.31. The number of carbonyl (C=O) groups is 1. The van der Waals surface area contributed by atoms with E-state index in [2.05, 4.69) is 15.4 Å². The lowest BCUT2D eigenvalue weighted by molar-refractivity contribution is -0.142. The molecule has 0 spiro atoms. The largest absolute Gasteiger partial charge is 0.493 e. The number of halogens is 4. The van der Waals surface area contributed by atoms with Crippen LogP contribution in [0.2, 0.25) is 5.02 Å². The van der Waals surface area contributed by atoms with Gasteiger partial charge < -0.3 is 14.8 Å². The van der Waals surface area contributed by atoms with Gasteiger partial charge in [0.15, 0.2) is 28.5 Å². The third kappa shape index (κ3) is 4.36. The van der Waals surface area contributed by atoms with Crippen molar-refractivity contribution in [2.75, 3.05) is 19.5 Å². The lowest BCUT2D eigenvalue weighted by atomic mass is 10.1. The molecule has 7 nitrogen and oxygen atoms in total. The van der Waals surface area contributed by atoms with Gasteiger partial charge in [-0.3, -0.25) is 4.79 Å². The Kier molecular flexibility index (Phi) is 6.09. The Balaban J connectivity index is 1.79. The molecule has 4 rings (SSSR count). The smallest absolute Gasteiger partial charge is 0.433 e. The fraction of sp³-hybridized carbons (Fsp3) is 0.174. The van der Waals surface area contributed by atoms with Gasteiger partial charge in [-0.1, -0.05) is 41.4 Å². The van der Waals surface area contributed by atoms with Gasteiger partial charge in [-0.15, -0.1) is 0 Å². The van der Waals surface area contributed by atoms with Crippen LogP contribution < -0.4 is 14.8 Å². The maximum Gasteiger partial charge on any atom is 0.433 e. The maximum atomic E-state index is 13.9. The number of aryl methyl sites for hydroxylation is 1. The minimum absolute atomic E-state index is 0.0495. The molecule has 1 N–H and O–H groups in total. The number of ether oxygens (including phenoxy) is 2. The fourth-order valence-electron chi connectivity index (χ4n) is 3.32. The van der Waals surface area contributed by atoms with Crippen LogP contribution in [0.3, 0.4) is 0 Å². The van der Waals surface area contributed by atoms with Crippen LogP contribution in [0.5, 0.6) is 11.5 Å². The first kappa shape index (κ1) is 23.4. The third-order valence-corrected chi connectivity index (χ3v) is 5.38. The summed E-state index contributed by atoms with van der Waals surface area (Å²) in [6.45, 7) is 1.86. The van der Waals surface area contributed by atoms with Gasteiger partial charge in [0.05, 0.1) is 19.9 Å². The molecule has 1 amide bonds. The SMILES string of the molecule is COc1ccc(NC(=O)c2nn3c(C(F)(F)F)cc(-c4ccc(C)cc4)nc3c2Cl)cc1OC. The average Bonchev–Trinajstić information content (AvgIpc) is 3.14. The maximum absolute atomic E-state index is 13.9. The Labute approximate surface area is 197 Å². The van der Waals surface area contributed by atoms with Crippen LogP contribution in [-0.4, -0.2) is 34.7 Å². The lowest BCUT2D eigenvalue weighted by Crippen LogP contribution is -2.16. The van der Waals surface area contributed by atoms with E-state index < -0.39 is 23.5 Å². The Morgan fingerprint density at radius 2 is 1.71 bits per heavy atom. The molecule has 0 unspecified atom stereocenters. The Hall–Kier alpha value is -3.79. The predicted molar refractivity (Wildman–Crippen MR) is 121 cm³/mol. The van der Waals surface area contributed by atoms with E-state index in [-0.39, 0.29) is 16.4 Å². The highest BCUT2D eigenvalue weighted by Crippen LogP contribution is 2.35. The number of benzene rings is 2. The normalized spacial score (nSPS) is 11.5. The summed E-state index contributed by atoms with van der Waals surface area (Å²) < 4.78 is 52.5. The van der Waals surface area contributed by atoms with E-state index in [1.807, 2.05) is 6.92 Å². The monoisotopic (exact) mass is 490 g/mol. The van der Waals surface area contributed by atoms with Crippen molar-refractivity contribution in [1.29, 1.82) is 0 Å². The van der Waals surface area contributed by atoms with E-state index in [1.165, 1.54) is 26.4 Å². The summed E-state index contributed by atoms with van der Waals surface area (Å²) in [5.74, 6) is -0.0215. The van der Waals surface area contributed by atoms with E-state index in [9.17, 15) is 18.0 Å². The molecule has 0 fully saturated rings. The van der Waals surface area contributed by atoms with Gasteiger partial charge in [0.25, 0.3) is 5.91 Å². The van der Waals surface area contributed by atoms with E-state index >= 15 is 0 Å². The number of alkyl halides is 3. The van der Waals surface area contributed by atoms with Gasteiger partial charge in [0.1, 0.15) is 5.02 Å². The highest BCUT2D eigenvalue weighted by atomic mass is 35.5. The summed E-state index contributed by atoms with van der Waals surface area (Å²) in [6, 6.07) is 12.3. The highest BCUT2D eigenvalue weighted by Gasteiger charge is 2.36. The van der Waals surface area contributed by atoms with E-state index in [4.69, 9.17) is 21.1 Å². The van der Waals surface area contributed by atoms with Gasteiger partial charge in [-0.25, -0.2) is 9.50 Å². The Bertz CT molecular complexity index is 1390. The number of methoxy groups -OCH3 is 2. The molecule has 0 radical (unpaired) electrons. The van der Waals surface area contributed by atoms with Crippen molar-refractivity contribution in [2.45, 2.75) is 13.1 Å². The van der Waals surface area contributed by atoms with Crippen LogP contribution in [0.4, 0.5) is 18.9 Å². The first-order chi connectivity index (χ1) is 16.1. The van der Waals surface area contributed by atoms with Gasteiger partial charge in [-0.05, 0) is 25.1 Å². The van der Waals surface area contributed by atoms with Crippen molar-refractivity contribution in [3.8, 4) is 22.8 Å². The van der Waals surface area contributed by atoms with Crippen LogP contribution in [0.1, 0.15) is 21.7 Å². The molecule has 11 heteroatoms. The first-order valence-electron chi connectivity index (χ1n) is 9.89. The third-order valence-electron chi connectivity index (χ3n) is 5.03. The number of hydrogen-bond acceptors (Lipinski definition) is 5. The summed E-state index contributed by atoms with van der Waals surface area (Å²) in [5, 5.41) is 6.08. The standard InChI is InChI=1S/C23H18ClF3N4O3/c1-12-4-6-13(7-5-12)15-11-18(23(25,26)27)31-21(29-15)19(24)20(30-31)22(32)28-14-8-9-16(33-2)17(10-14)34-3/h4-11H,1-3H3,(H,28,32). The topological polar surface area (TPSA) is 77.8 Å². The van der Waals surface area contributed by atoms with Gasteiger partial charge in [0.2, 0.25) is 0 Å². The van der Waals surface area contributed by atoms with Crippen LogP contribution in [0.25, 0.3) is 16.9 Å². The fourth-order valence-corrected chi connectivity index (χ4v) is 3.56. The van der Waals surface area contributed by atoms with Crippen LogP contribution in [0, 0.1) is 6.92 Å². The van der Waals surface area contributed by atoms with Crippen molar-refractivity contribution < 1.29 is 27.4 Å². The summed E-state index contributed by atoms with van der Waals surface area (Å²) in [6.07, 6.45) is -4.77. The molecule has 34 heavy (non-hydrogen) atoms. The minimum atomic E-state index is -4.77. The van der Waals surface area contributed by atoms with E-state index in [0.29, 0.717) is 27.3 Å². The molecule has 0 atom stereocenters. The minimum Gasteiger partial charge on any atom is -0.493 e. The van der Waals surface area contributed by atoms with Gasteiger partial charge in [-0.2, -0.15) is 18.3 Å². The molecule has 0 saturated carbocycles. The Morgan fingerprint density at radius 3 is 2.32 bits per heavy atom. The molecule has 0 aliphatic carbocycles. The number of nitrogens with one attached hydrogen (secondary N) is 1. The zero-order valence-corrected chi connectivity index (χ0v) is 19.0. The average molecular weight is 491 g/mol. The van der Waals surface area contributed by atoms with Crippen LogP contribution in [0.15, 0.2) is 48.5 Å². The molecule has 2 heterocycles. The second-order valence-corrected chi connectivity index (χ2v) is 7.69. The zero-order valence-electron chi connectivity index (χ0n) is 18.2. The number of hydrogen-bond donors (Lipinski definition) is 1. The number of anilines is 1. The molecular formula is C23H18ClF3N4O3. The van der Waals surface area contributed by atoms with E-state index in [1.54, 1.807) is 30.3 Å². The summed E-state index contributed by atoms with van der Waals surface area (Å²) in [5.41, 5.74) is -0.0432. The number of carbonyl (C=O) groups excluding carboxylic acids is 1. The van der Waals surface area contributed by atoms with Crippen molar-refractivity contribution in [3.63, 3.8) is 0 Å². The lowest BCUT2D eigenvalue weighted by Gasteiger charge is -2.11. The molecule has 0 aliphatic rings. The summed E-state index contributed by atoms with van der Waals surface area (Å²) in [4.78, 5) is 17.1. The quantitative estimate of drug-likeness (QED) is 0.391. The van der Waals surface area contributed by atoms with Gasteiger partial charge in [0, 0.05) is 17.3 Å². The molecule has 0 aliphatic heterocycles. The van der Waals surface area contributed by atoms with Gasteiger partial charge >= 0.3 is 6.18 Å². The second kappa shape index (κ2) is 8.86. The molecule has 2 aromatic carbocycles. The Morgan fingerprint density at radius 1 is 1.03 bits per heavy atom. The summed E-state index contributed by atoms with van der Waals surface area (Å²) in [7, 11) is 2.89. The van der Waals surface area contributed by atoms with Crippen molar-refractivity contribution in [3.05, 3.63) is 70.5 Å². The van der Waals surface area contributed by atoms with Crippen molar-refractivity contribution >= 4 is 28.8 Å². The molecule has 2 aromatic heterocycles. The van der Waals surface area contributed by atoms with Crippen LogP contribution >= 0.6 is 11.6 Å². The number of nitrogens with zero attached hydrogens (tertiary/aromatic N) is 3. The number of fused-ring (bicyclic) bond motifs is 1. The van der Waals surface area contributed by atoms with E-state index in [0.717, 1.165) is 11.6 Å². The zero-order chi connectivity index (χ0) is 24.6. The number of aromatic nitrogens is 3. The highest BCUT2D eigenvalue weighted by molar-refractivity contribution is 6.37. The number of rotatable bonds is 5. The molecule has 0 bridgehead atoms. The van der Waals surface area contributed by atoms with Crippen molar-refractivity contribution in [2.24, 2.45) is 0 Å².